The zero-order valence-corrected chi connectivity index (χ0v) is 16.4. The van der Waals surface area contributed by atoms with Crippen molar-refractivity contribution in [2.75, 3.05) is 6.61 Å². The molecule has 0 bridgehead atoms. The molecule has 0 unspecified atom stereocenters. The fourth-order valence-electron chi connectivity index (χ4n) is 2.36. The summed E-state index contributed by atoms with van der Waals surface area (Å²) in [5.41, 5.74) is 1.99. The van der Waals surface area contributed by atoms with E-state index < -0.39 is 30.5 Å². The van der Waals surface area contributed by atoms with E-state index in [4.69, 9.17) is 9.47 Å². The third-order valence-corrected chi connectivity index (χ3v) is 3.58. The van der Waals surface area contributed by atoms with Crippen LogP contribution in [0, 0.1) is 0 Å². The van der Waals surface area contributed by atoms with Gasteiger partial charge in [0.15, 0.2) is 6.61 Å². The van der Waals surface area contributed by atoms with Crippen molar-refractivity contribution in [1.82, 2.24) is 10.6 Å². The van der Waals surface area contributed by atoms with Crippen molar-refractivity contribution >= 4 is 23.9 Å². The second-order valence-electron chi connectivity index (χ2n) is 6.45. The minimum Gasteiger partial charge on any atom is -0.452 e. The Morgan fingerprint density at radius 2 is 1.45 bits per heavy atom. The number of ether oxygens (including phenoxy) is 2. The maximum atomic E-state index is 12.1. The summed E-state index contributed by atoms with van der Waals surface area (Å²) in [6, 6.07) is 12.8. The van der Waals surface area contributed by atoms with Gasteiger partial charge in [0, 0.05) is 13.0 Å². The lowest BCUT2D eigenvalue weighted by molar-refractivity contribution is -0.131. The molecule has 0 radical (unpaired) electrons. The minimum atomic E-state index is -0.721. The molecular weight excluding hydrogens is 376 g/mol. The Labute approximate surface area is 168 Å². The second kappa shape index (κ2) is 10.0. The van der Waals surface area contributed by atoms with Gasteiger partial charge in [0.1, 0.15) is 5.75 Å². The molecule has 0 aliphatic rings. The Kier molecular flexibility index (Phi) is 7.47. The smallest absolute Gasteiger partial charge is 0.338 e. The Morgan fingerprint density at radius 1 is 0.897 bits per heavy atom. The van der Waals surface area contributed by atoms with Crippen LogP contribution in [0.25, 0.3) is 11.1 Å². The first kappa shape index (κ1) is 21.6. The van der Waals surface area contributed by atoms with Crippen LogP contribution in [0.2, 0.25) is 0 Å². The Hall–Kier alpha value is -3.68. The van der Waals surface area contributed by atoms with Crippen LogP contribution in [0.4, 0.5) is 4.79 Å². The molecule has 0 heterocycles. The Balaban J connectivity index is 1.90. The summed E-state index contributed by atoms with van der Waals surface area (Å²) in [6.07, 6.45) is 0. The quantitative estimate of drug-likeness (QED) is 0.572. The van der Waals surface area contributed by atoms with Crippen LogP contribution in [-0.2, 0) is 14.3 Å². The third-order valence-electron chi connectivity index (χ3n) is 3.58. The van der Waals surface area contributed by atoms with E-state index in [1.54, 1.807) is 62.4 Å². The van der Waals surface area contributed by atoms with Crippen molar-refractivity contribution < 1.29 is 28.7 Å². The van der Waals surface area contributed by atoms with Crippen molar-refractivity contribution in [3.8, 4) is 16.9 Å². The van der Waals surface area contributed by atoms with Crippen LogP contribution in [-0.4, -0.2) is 36.5 Å². The predicted molar refractivity (Wildman–Crippen MR) is 105 cm³/mol. The number of urea groups is 1. The van der Waals surface area contributed by atoms with Crippen LogP contribution < -0.4 is 15.4 Å². The lowest BCUT2D eigenvalue weighted by Crippen LogP contribution is -2.44. The summed E-state index contributed by atoms with van der Waals surface area (Å²) in [4.78, 5) is 46.0. The number of imide groups is 1. The highest BCUT2D eigenvalue weighted by Crippen LogP contribution is 2.23. The molecule has 0 fully saturated rings. The van der Waals surface area contributed by atoms with Gasteiger partial charge in [-0.1, -0.05) is 24.3 Å². The number of hydrogen-bond donors (Lipinski definition) is 2. The van der Waals surface area contributed by atoms with E-state index >= 15 is 0 Å². The molecule has 8 heteroatoms. The molecule has 3 amide bonds. The van der Waals surface area contributed by atoms with Gasteiger partial charge in [-0.05, 0) is 49.2 Å². The highest BCUT2D eigenvalue weighted by atomic mass is 16.5. The van der Waals surface area contributed by atoms with E-state index in [0.29, 0.717) is 5.75 Å². The fraction of sp³-hybridized carbons (Fsp3) is 0.238. The fourth-order valence-corrected chi connectivity index (χ4v) is 2.36. The first-order valence-corrected chi connectivity index (χ1v) is 8.91. The molecule has 0 aliphatic carbocycles. The van der Waals surface area contributed by atoms with Crippen LogP contribution >= 0.6 is 0 Å². The number of carbonyl (C=O) groups is 4. The summed E-state index contributed by atoms with van der Waals surface area (Å²) < 4.78 is 9.90. The van der Waals surface area contributed by atoms with E-state index in [1.165, 1.54) is 6.92 Å². The minimum absolute atomic E-state index is 0.123. The highest BCUT2D eigenvalue weighted by Gasteiger charge is 2.13. The number of amides is 3. The lowest BCUT2D eigenvalue weighted by atomic mass is 10.0. The summed E-state index contributed by atoms with van der Waals surface area (Å²) in [6.45, 7) is 4.27. The highest BCUT2D eigenvalue weighted by molar-refractivity contribution is 5.97. The molecule has 0 aliphatic heterocycles. The van der Waals surface area contributed by atoms with Crippen molar-refractivity contribution in [2.24, 2.45) is 0 Å². The summed E-state index contributed by atoms with van der Waals surface area (Å²) in [5.74, 6) is -1.35. The number of carbonyl (C=O) groups excluding carboxylic acids is 4. The van der Waals surface area contributed by atoms with Gasteiger partial charge in [-0.15, -0.1) is 0 Å². The summed E-state index contributed by atoms with van der Waals surface area (Å²) in [5, 5.41) is 4.56. The van der Waals surface area contributed by atoms with Gasteiger partial charge in [-0.2, -0.15) is 0 Å². The summed E-state index contributed by atoms with van der Waals surface area (Å²) in [7, 11) is 0. The molecule has 29 heavy (non-hydrogen) atoms. The zero-order chi connectivity index (χ0) is 21.4. The molecule has 0 atom stereocenters. The number of rotatable bonds is 6. The standard InChI is InChI=1S/C21H22N2O6/c1-13(2)22-21(27)23-19(25)12-28-20(26)17-6-4-15(5-7-17)16-8-10-18(11-9-16)29-14(3)24/h4-11,13H,12H2,1-3H3,(H2,22,23,25,27). The molecule has 2 N–H and O–H groups in total. The lowest BCUT2D eigenvalue weighted by Gasteiger charge is -2.09. The van der Waals surface area contributed by atoms with Gasteiger partial charge >= 0.3 is 18.0 Å². The average molecular weight is 398 g/mol. The number of hydrogen-bond acceptors (Lipinski definition) is 6. The molecule has 0 spiro atoms. The number of benzene rings is 2. The van der Waals surface area contributed by atoms with Gasteiger partial charge in [0.25, 0.3) is 5.91 Å². The maximum absolute atomic E-state index is 12.1. The van der Waals surface area contributed by atoms with E-state index in [0.717, 1.165) is 11.1 Å². The number of nitrogens with one attached hydrogen (secondary N) is 2. The maximum Gasteiger partial charge on any atom is 0.338 e. The van der Waals surface area contributed by atoms with Gasteiger partial charge in [0.2, 0.25) is 0 Å². The second-order valence-corrected chi connectivity index (χ2v) is 6.45. The molecule has 2 rings (SSSR count). The first-order chi connectivity index (χ1) is 13.7. The monoisotopic (exact) mass is 398 g/mol. The van der Waals surface area contributed by atoms with Gasteiger partial charge in [-0.3, -0.25) is 14.9 Å². The first-order valence-electron chi connectivity index (χ1n) is 8.91. The SMILES string of the molecule is CC(=O)Oc1ccc(-c2ccc(C(=O)OCC(=O)NC(=O)NC(C)C)cc2)cc1. The van der Waals surface area contributed by atoms with E-state index in [1.807, 2.05) is 0 Å². The molecule has 2 aromatic rings. The molecule has 0 saturated carbocycles. The number of esters is 2. The van der Waals surface area contributed by atoms with E-state index in [2.05, 4.69) is 10.6 Å². The van der Waals surface area contributed by atoms with Crippen LogP contribution in [0.5, 0.6) is 5.75 Å². The average Bonchev–Trinajstić information content (AvgIpc) is 2.65. The normalized spacial score (nSPS) is 10.2. The van der Waals surface area contributed by atoms with Crippen LogP contribution in [0.1, 0.15) is 31.1 Å². The van der Waals surface area contributed by atoms with E-state index in [-0.39, 0.29) is 11.6 Å². The van der Waals surface area contributed by atoms with Crippen molar-refractivity contribution in [2.45, 2.75) is 26.8 Å². The molecule has 0 saturated heterocycles. The topological polar surface area (TPSA) is 111 Å². The molecule has 0 aromatic heterocycles. The third kappa shape index (κ3) is 7.10. The van der Waals surface area contributed by atoms with Crippen LogP contribution in [0.15, 0.2) is 48.5 Å². The van der Waals surface area contributed by atoms with Gasteiger partial charge < -0.3 is 14.8 Å². The van der Waals surface area contributed by atoms with Gasteiger partial charge in [-0.25, -0.2) is 9.59 Å². The Bertz CT molecular complexity index is 888. The molecular formula is C21H22N2O6. The van der Waals surface area contributed by atoms with Crippen LogP contribution in [0.3, 0.4) is 0 Å². The van der Waals surface area contributed by atoms with Crippen molar-refractivity contribution in [3.05, 3.63) is 54.1 Å². The molecule has 2 aromatic carbocycles. The van der Waals surface area contributed by atoms with Gasteiger partial charge in [0.05, 0.1) is 5.56 Å². The summed E-state index contributed by atoms with van der Waals surface area (Å²) >= 11 is 0. The van der Waals surface area contributed by atoms with Crippen molar-refractivity contribution in [3.63, 3.8) is 0 Å². The largest absolute Gasteiger partial charge is 0.452 e. The molecule has 152 valence electrons. The zero-order valence-electron chi connectivity index (χ0n) is 16.4. The van der Waals surface area contributed by atoms with Crippen molar-refractivity contribution in [1.29, 1.82) is 0 Å². The van der Waals surface area contributed by atoms with E-state index in [9.17, 15) is 19.2 Å². The molecule has 8 nitrogen and oxygen atoms in total. The Morgan fingerprint density at radius 3 is 1.97 bits per heavy atom. The predicted octanol–water partition coefficient (Wildman–Crippen LogP) is 2.67.